The SMILES string of the molecule is Cc1nc(N2CCCCC2)ncc1C(=O)N1CCC[C@@H](Cn2ccnc2)C1. The van der Waals surface area contributed by atoms with Crippen molar-refractivity contribution in [1.82, 2.24) is 24.4 Å². The van der Waals surface area contributed by atoms with Gasteiger partial charge in [-0.3, -0.25) is 4.79 Å². The van der Waals surface area contributed by atoms with E-state index in [1.807, 2.05) is 24.3 Å². The summed E-state index contributed by atoms with van der Waals surface area (Å²) in [5, 5.41) is 0. The number of aromatic nitrogens is 4. The number of anilines is 1. The second-order valence-corrected chi connectivity index (χ2v) is 7.74. The zero-order chi connectivity index (χ0) is 18.6. The van der Waals surface area contributed by atoms with Gasteiger partial charge in [-0.05, 0) is 44.9 Å². The van der Waals surface area contributed by atoms with Crippen LogP contribution in [0.1, 0.15) is 48.2 Å². The molecule has 2 aliphatic rings. The van der Waals surface area contributed by atoms with Gasteiger partial charge in [0.05, 0.1) is 17.6 Å². The highest BCUT2D eigenvalue weighted by Crippen LogP contribution is 2.22. The van der Waals surface area contributed by atoms with Crippen LogP contribution in [0.3, 0.4) is 0 Å². The molecule has 0 spiro atoms. The Hall–Kier alpha value is -2.44. The predicted octanol–water partition coefficient (Wildman–Crippen LogP) is 2.52. The van der Waals surface area contributed by atoms with Gasteiger partial charge < -0.3 is 14.4 Å². The van der Waals surface area contributed by atoms with Gasteiger partial charge >= 0.3 is 0 Å². The van der Waals surface area contributed by atoms with E-state index in [0.29, 0.717) is 11.5 Å². The number of aryl methyl sites for hydroxylation is 1. The smallest absolute Gasteiger partial charge is 0.257 e. The van der Waals surface area contributed by atoms with Gasteiger partial charge in [0.15, 0.2) is 0 Å². The lowest BCUT2D eigenvalue weighted by Crippen LogP contribution is -2.41. The molecule has 2 aromatic rings. The van der Waals surface area contributed by atoms with E-state index in [0.717, 1.165) is 57.2 Å². The van der Waals surface area contributed by atoms with Crippen molar-refractivity contribution in [1.29, 1.82) is 0 Å². The van der Waals surface area contributed by atoms with Crippen molar-refractivity contribution in [2.24, 2.45) is 5.92 Å². The van der Waals surface area contributed by atoms with Gasteiger partial charge in [-0.1, -0.05) is 0 Å². The summed E-state index contributed by atoms with van der Waals surface area (Å²) in [5.74, 6) is 1.29. The molecular weight excluding hydrogens is 340 g/mol. The Morgan fingerprint density at radius 2 is 2.04 bits per heavy atom. The van der Waals surface area contributed by atoms with Crippen LogP contribution in [0, 0.1) is 12.8 Å². The lowest BCUT2D eigenvalue weighted by molar-refractivity contribution is 0.0660. The van der Waals surface area contributed by atoms with Gasteiger partial charge in [0.2, 0.25) is 5.95 Å². The lowest BCUT2D eigenvalue weighted by atomic mass is 9.97. The van der Waals surface area contributed by atoms with Crippen molar-refractivity contribution in [3.63, 3.8) is 0 Å². The number of rotatable bonds is 4. The number of carbonyl (C=O) groups is 1. The fourth-order valence-corrected chi connectivity index (χ4v) is 4.17. The van der Waals surface area contributed by atoms with E-state index in [-0.39, 0.29) is 5.91 Å². The van der Waals surface area contributed by atoms with Crippen LogP contribution in [0.15, 0.2) is 24.9 Å². The molecule has 4 heterocycles. The summed E-state index contributed by atoms with van der Waals surface area (Å²) in [6.07, 6.45) is 13.2. The summed E-state index contributed by atoms with van der Waals surface area (Å²) in [6, 6.07) is 0. The normalized spacial score (nSPS) is 20.7. The summed E-state index contributed by atoms with van der Waals surface area (Å²) in [5.41, 5.74) is 1.42. The Bertz CT molecular complexity index is 769. The number of amides is 1. The van der Waals surface area contributed by atoms with Crippen molar-refractivity contribution < 1.29 is 4.79 Å². The number of nitrogens with zero attached hydrogens (tertiary/aromatic N) is 6. The van der Waals surface area contributed by atoms with Gasteiger partial charge in [0, 0.05) is 51.3 Å². The molecule has 2 aromatic heterocycles. The average molecular weight is 368 g/mol. The van der Waals surface area contributed by atoms with E-state index in [4.69, 9.17) is 0 Å². The summed E-state index contributed by atoms with van der Waals surface area (Å²) in [6.45, 7) is 6.45. The summed E-state index contributed by atoms with van der Waals surface area (Å²) >= 11 is 0. The number of hydrogen-bond donors (Lipinski definition) is 0. The van der Waals surface area contributed by atoms with Crippen molar-refractivity contribution in [3.05, 3.63) is 36.2 Å². The molecular formula is C20H28N6O. The maximum absolute atomic E-state index is 13.1. The molecule has 144 valence electrons. The quantitative estimate of drug-likeness (QED) is 0.830. The van der Waals surface area contributed by atoms with E-state index in [2.05, 4.69) is 24.4 Å². The molecule has 0 bridgehead atoms. The molecule has 0 radical (unpaired) electrons. The molecule has 4 rings (SSSR count). The predicted molar refractivity (Wildman–Crippen MR) is 104 cm³/mol. The first-order valence-electron chi connectivity index (χ1n) is 10.0. The maximum atomic E-state index is 13.1. The Labute approximate surface area is 160 Å². The van der Waals surface area contributed by atoms with E-state index in [1.165, 1.54) is 19.3 Å². The summed E-state index contributed by atoms with van der Waals surface area (Å²) in [4.78, 5) is 30.5. The molecule has 0 saturated carbocycles. The van der Waals surface area contributed by atoms with E-state index < -0.39 is 0 Å². The second-order valence-electron chi connectivity index (χ2n) is 7.74. The number of carbonyl (C=O) groups excluding carboxylic acids is 1. The van der Waals surface area contributed by atoms with Crippen LogP contribution < -0.4 is 4.90 Å². The summed E-state index contributed by atoms with van der Waals surface area (Å²) in [7, 11) is 0. The minimum Gasteiger partial charge on any atom is -0.341 e. The van der Waals surface area contributed by atoms with E-state index in [1.54, 1.807) is 12.4 Å². The van der Waals surface area contributed by atoms with Gasteiger partial charge in [-0.25, -0.2) is 15.0 Å². The van der Waals surface area contributed by atoms with Crippen molar-refractivity contribution in [3.8, 4) is 0 Å². The molecule has 2 aliphatic heterocycles. The zero-order valence-corrected chi connectivity index (χ0v) is 16.0. The molecule has 2 fully saturated rings. The highest BCUT2D eigenvalue weighted by atomic mass is 16.2. The molecule has 1 amide bonds. The Balaban J connectivity index is 1.43. The van der Waals surface area contributed by atoms with Crippen LogP contribution in [0.2, 0.25) is 0 Å². The first kappa shape index (κ1) is 17.9. The molecule has 0 aliphatic carbocycles. The fraction of sp³-hybridized carbons (Fsp3) is 0.600. The zero-order valence-electron chi connectivity index (χ0n) is 16.0. The maximum Gasteiger partial charge on any atom is 0.257 e. The number of hydrogen-bond acceptors (Lipinski definition) is 5. The average Bonchev–Trinajstić information content (AvgIpc) is 3.21. The summed E-state index contributed by atoms with van der Waals surface area (Å²) < 4.78 is 2.10. The van der Waals surface area contributed by atoms with Crippen LogP contribution in [-0.2, 0) is 6.54 Å². The monoisotopic (exact) mass is 368 g/mol. The van der Waals surface area contributed by atoms with Crippen LogP contribution in [0.25, 0.3) is 0 Å². The third kappa shape index (κ3) is 4.12. The molecule has 0 unspecified atom stereocenters. The highest BCUT2D eigenvalue weighted by molar-refractivity contribution is 5.95. The largest absolute Gasteiger partial charge is 0.341 e. The van der Waals surface area contributed by atoms with Crippen LogP contribution in [-0.4, -0.2) is 56.5 Å². The number of piperidine rings is 2. The minimum absolute atomic E-state index is 0.0630. The molecule has 0 N–H and O–H groups in total. The highest BCUT2D eigenvalue weighted by Gasteiger charge is 2.26. The van der Waals surface area contributed by atoms with Crippen molar-refractivity contribution in [2.75, 3.05) is 31.1 Å². The topological polar surface area (TPSA) is 67.2 Å². The van der Waals surface area contributed by atoms with Gasteiger partial charge in [0.1, 0.15) is 0 Å². The molecule has 7 nitrogen and oxygen atoms in total. The fourth-order valence-electron chi connectivity index (χ4n) is 4.17. The third-order valence-corrected chi connectivity index (χ3v) is 5.67. The third-order valence-electron chi connectivity index (χ3n) is 5.67. The second kappa shape index (κ2) is 8.06. The first-order valence-corrected chi connectivity index (χ1v) is 10.0. The Morgan fingerprint density at radius 1 is 1.19 bits per heavy atom. The van der Waals surface area contributed by atoms with Crippen molar-refractivity contribution in [2.45, 2.75) is 45.6 Å². The molecule has 7 heteroatoms. The van der Waals surface area contributed by atoms with Gasteiger partial charge in [-0.15, -0.1) is 0 Å². The van der Waals surface area contributed by atoms with Crippen LogP contribution in [0.5, 0.6) is 0 Å². The Morgan fingerprint density at radius 3 is 2.78 bits per heavy atom. The molecule has 27 heavy (non-hydrogen) atoms. The lowest BCUT2D eigenvalue weighted by Gasteiger charge is -2.33. The van der Waals surface area contributed by atoms with Gasteiger partial charge in [-0.2, -0.15) is 0 Å². The number of imidazole rings is 1. The van der Waals surface area contributed by atoms with Crippen LogP contribution >= 0.6 is 0 Å². The van der Waals surface area contributed by atoms with E-state index in [9.17, 15) is 4.79 Å². The Kier molecular flexibility index (Phi) is 5.36. The molecule has 1 atom stereocenters. The first-order chi connectivity index (χ1) is 13.2. The molecule has 0 aromatic carbocycles. The van der Waals surface area contributed by atoms with Crippen LogP contribution in [0.4, 0.5) is 5.95 Å². The number of likely N-dealkylation sites (tertiary alicyclic amines) is 1. The van der Waals surface area contributed by atoms with Crippen molar-refractivity contribution >= 4 is 11.9 Å². The minimum atomic E-state index is 0.0630. The van der Waals surface area contributed by atoms with E-state index >= 15 is 0 Å². The standard InChI is InChI=1S/C20H28N6O/c1-16-18(12-22-20(23-16)25-8-3-2-4-9-25)19(27)26-10-5-6-17(14-26)13-24-11-7-21-15-24/h7,11-12,15,17H,2-6,8-10,13-14H2,1H3/t17-/m0/s1. The molecule has 2 saturated heterocycles. The van der Waals surface area contributed by atoms with Gasteiger partial charge in [0.25, 0.3) is 5.91 Å².